The summed E-state index contributed by atoms with van der Waals surface area (Å²) in [6.07, 6.45) is 1.80. The van der Waals surface area contributed by atoms with Gasteiger partial charge < -0.3 is 9.88 Å². The van der Waals surface area contributed by atoms with Gasteiger partial charge in [0.2, 0.25) is 5.91 Å². The molecule has 0 spiro atoms. The van der Waals surface area contributed by atoms with Crippen LogP contribution < -0.4 is 5.32 Å². The number of allylic oxidation sites excluding steroid dienone is 1. The van der Waals surface area contributed by atoms with E-state index in [-0.39, 0.29) is 11.7 Å². The predicted octanol–water partition coefficient (Wildman–Crippen LogP) is 7.82. The second kappa shape index (κ2) is 13.0. The molecule has 0 aliphatic heterocycles. The van der Waals surface area contributed by atoms with Crippen molar-refractivity contribution in [2.75, 3.05) is 11.1 Å². The largest absolute Gasteiger partial charge is 0.325 e. The minimum Gasteiger partial charge on any atom is -0.325 e. The highest BCUT2D eigenvalue weighted by Crippen LogP contribution is 2.29. The summed E-state index contributed by atoms with van der Waals surface area (Å²) >= 11 is 18.8. The van der Waals surface area contributed by atoms with Crippen molar-refractivity contribution in [3.63, 3.8) is 0 Å². The molecule has 2 aromatic carbocycles. The summed E-state index contributed by atoms with van der Waals surface area (Å²) in [6.45, 7) is 8.62. The van der Waals surface area contributed by atoms with Crippen LogP contribution in [-0.2, 0) is 22.8 Å². The maximum atomic E-state index is 12.7. The minimum atomic E-state index is -0.0873. The summed E-state index contributed by atoms with van der Waals surface area (Å²) in [5.41, 5.74) is 2.93. The molecular weight excluding hydrogens is 575 g/mol. The van der Waals surface area contributed by atoms with Gasteiger partial charge in [-0.05, 0) is 47.4 Å². The Kier molecular flexibility index (Phi) is 10.4. The van der Waals surface area contributed by atoms with E-state index in [0.29, 0.717) is 33.4 Å². The van der Waals surface area contributed by atoms with Crippen molar-refractivity contribution < 1.29 is 4.79 Å². The average Bonchev–Trinajstić information content (AvgIpc) is 3.16. The van der Waals surface area contributed by atoms with Gasteiger partial charge in [-0.2, -0.15) is 0 Å². The van der Waals surface area contributed by atoms with Crippen molar-refractivity contribution in [2.24, 2.45) is 0 Å². The van der Waals surface area contributed by atoms with Crippen LogP contribution >= 0.6 is 62.7 Å². The van der Waals surface area contributed by atoms with Gasteiger partial charge in [-0.1, -0.05) is 76.9 Å². The van der Waals surface area contributed by atoms with Crippen molar-refractivity contribution in [3.8, 4) is 0 Å². The third-order valence-electron chi connectivity index (χ3n) is 4.85. The van der Waals surface area contributed by atoms with Gasteiger partial charge in [0, 0.05) is 32.5 Å². The number of rotatable bonds is 11. The molecule has 0 aliphatic rings. The maximum Gasteiger partial charge on any atom is 0.234 e. The topological polar surface area (TPSA) is 59.8 Å². The van der Waals surface area contributed by atoms with Crippen molar-refractivity contribution in [1.29, 1.82) is 0 Å². The second-order valence-corrected chi connectivity index (χ2v) is 11.4. The lowest BCUT2D eigenvalue weighted by Gasteiger charge is -2.14. The zero-order valence-corrected chi connectivity index (χ0v) is 23.6. The molecule has 0 radical (unpaired) electrons. The Bertz CT molecular complexity index is 1170. The van der Waals surface area contributed by atoms with Crippen LogP contribution in [-0.4, -0.2) is 26.4 Å². The first-order valence-corrected chi connectivity index (χ1v) is 14.2. The Balaban J connectivity index is 1.61. The van der Waals surface area contributed by atoms with E-state index in [2.05, 4.69) is 51.9 Å². The molecule has 0 saturated heterocycles. The number of aromatic nitrogens is 3. The minimum absolute atomic E-state index is 0.0873. The Hall–Kier alpha value is -1.45. The van der Waals surface area contributed by atoms with E-state index in [1.165, 1.54) is 11.8 Å². The number of thioether (sulfide) groups is 2. The number of hydrogen-bond acceptors (Lipinski definition) is 5. The molecule has 1 heterocycles. The number of carbonyl (C=O) groups is 1. The summed E-state index contributed by atoms with van der Waals surface area (Å²) in [5.74, 6) is 2.65. The molecule has 5 nitrogen and oxygen atoms in total. The Morgan fingerprint density at radius 2 is 2.00 bits per heavy atom. The molecule has 34 heavy (non-hydrogen) atoms. The molecule has 0 aliphatic carbocycles. The number of nitrogens with one attached hydrogen (secondary N) is 1. The number of benzene rings is 2. The molecule has 0 atom stereocenters. The molecule has 3 rings (SSSR count). The smallest absolute Gasteiger partial charge is 0.234 e. The molecule has 3 aromatic rings. The Morgan fingerprint density at radius 1 is 1.21 bits per heavy atom. The molecule has 1 aromatic heterocycles. The Labute approximate surface area is 227 Å². The number of anilines is 1. The third-order valence-corrected chi connectivity index (χ3v) is 7.88. The summed E-state index contributed by atoms with van der Waals surface area (Å²) < 4.78 is 2.98. The van der Waals surface area contributed by atoms with Crippen LogP contribution in [0.4, 0.5) is 5.69 Å². The van der Waals surface area contributed by atoms with E-state index in [1.54, 1.807) is 23.9 Å². The first-order valence-electron chi connectivity index (χ1n) is 10.5. The first kappa shape index (κ1) is 27.1. The number of hydrogen-bond donors (Lipinski definition) is 1. The molecule has 1 N–H and O–H groups in total. The SMILES string of the molecule is C=CCn1c(CSCc2ccc(Cl)cc2Cl)nnc1SCC(=O)Nc1ccc(Br)cc1C(C)C. The normalized spacial score (nSPS) is 11.1. The molecule has 10 heteroatoms. The number of carbonyl (C=O) groups excluding carboxylic acids is 1. The van der Waals surface area contributed by atoms with Crippen LogP contribution in [0, 0.1) is 0 Å². The first-order chi connectivity index (χ1) is 16.3. The van der Waals surface area contributed by atoms with Crippen LogP contribution in [0.1, 0.15) is 36.7 Å². The van der Waals surface area contributed by atoms with Gasteiger partial charge in [-0.25, -0.2) is 0 Å². The summed E-state index contributed by atoms with van der Waals surface area (Å²) in [7, 11) is 0. The van der Waals surface area contributed by atoms with E-state index in [0.717, 1.165) is 32.9 Å². The van der Waals surface area contributed by atoms with E-state index in [9.17, 15) is 4.79 Å². The van der Waals surface area contributed by atoms with Crippen molar-refractivity contribution in [3.05, 3.63) is 80.5 Å². The lowest BCUT2D eigenvalue weighted by molar-refractivity contribution is -0.113. The molecule has 180 valence electrons. The number of amides is 1. The van der Waals surface area contributed by atoms with Crippen molar-refractivity contribution in [1.82, 2.24) is 14.8 Å². The lowest BCUT2D eigenvalue weighted by atomic mass is 10.0. The van der Waals surface area contributed by atoms with Gasteiger partial charge in [0.1, 0.15) is 5.82 Å². The summed E-state index contributed by atoms with van der Waals surface area (Å²) in [6, 6.07) is 11.4. The highest BCUT2D eigenvalue weighted by atomic mass is 79.9. The fraction of sp³-hybridized carbons (Fsp3) is 0.292. The third kappa shape index (κ3) is 7.52. The molecule has 0 unspecified atom stereocenters. The van der Waals surface area contributed by atoms with Crippen LogP contribution in [0.5, 0.6) is 0 Å². The average molecular weight is 600 g/mol. The van der Waals surface area contributed by atoms with E-state index in [4.69, 9.17) is 23.2 Å². The maximum absolute atomic E-state index is 12.7. The number of nitrogens with zero attached hydrogens (tertiary/aromatic N) is 3. The highest BCUT2D eigenvalue weighted by molar-refractivity contribution is 9.10. The van der Waals surface area contributed by atoms with Gasteiger partial charge in [0.15, 0.2) is 5.16 Å². The fourth-order valence-electron chi connectivity index (χ4n) is 3.18. The molecule has 1 amide bonds. The van der Waals surface area contributed by atoms with Crippen LogP contribution in [0.25, 0.3) is 0 Å². The van der Waals surface area contributed by atoms with Gasteiger partial charge in [0.25, 0.3) is 0 Å². The van der Waals surface area contributed by atoms with Crippen LogP contribution in [0.15, 0.2) is 58.7 Å². The van der Waals surface area contributed by atoms with E-state index >= 15 is 0 Å². The molecule has 0 saturated carbocycles. The molecule has 0 fully saturated rings. The predicted molar refractivity (Wildman–Crippen MR) is 149 cm³/mol. The quantitative estimate of drug-likeness (QED) is 0.180. The van der Waals surface area contributed by atoms with Crippen LogP contribution in [0.3, 0.4) is 0 Å². The Morgan fingerprint density at radius 3 is 2.71 bits per heavy atom. The van der Waals surface area contributed by atoms with E-state index in [1.807, 2.05) is 34.9 Å². The lowest BCUT2D eigenvalue weighted by Crippen LogP contribution is -2.16. The second-order valence-electron chi connectivity index (χ2n) is 7.75. The standard InChI is InChI=1S/C24H25BrCl2N4OS2/c1-4-9-31-22(13-33-12-16-5-7-18(26)11-20(16)27)29-30-24(31)34-14-23(32)28-21-8-6-17(25)10-19(21)15(2)3/h4-8,10-11,15H,1,9,12-14H2,2-3H3,(H,28,32). The summed E-state index contributed by atoms with van der Waals surface area (Å²) in [4.78, 5) is 12.7. The highest BCUT2D eigenvalue weighted by Gasteiger charge is 2.15. The molecule has 0 bridgehead atoms. The zero-order valence-electron chi connectivity index (χ0n) is 18.9. The monoisotopic (exact) mass is 598 g/mol. The number of halogens is 3. The van der Waals surface area contributed by atoms with E-state index < -0.39 is 0 Å². The fourth-order valence-corrected chi connectivity index (χ4v) is 5.85. The van der Waals surface area contributed by atoms with Crippen LogP contribution in [0.2, 0.25) is 10.0 Å². The summed E-state index contributed by atoms with van der Waals surface area (Å²) in [5, 5.41) is 13.6. The van der Waals surface area contributed by atoms with Crippen molar-refractivity contribution >= 4 is 74.3 Å². The zero-order chi connectivity index (χ0) is 24.7. The van der Waals surface area contributed by atoms with Crippen molar-refractivity contribution in [2.45, 2.75) is 43.0 Å². The van der Waals surface area contributed by atoms with Gasteiger partial charge in [-0.3, -0.25) is 4.79 Å². The van der Waals surface area contributed by atoms with Gasteiger partial charge in [0.05, 0.1) is 11.5 Å². The van der Waals surface area contributed by atoms with Gasteiger partial charge >= 0.3 is 0 Å². The van der Waals surface area contributed by atoms with Gasteiger partial charge in [-0.15, -0.1) is 28.5 Å². The molecular formula is C24H25BrCl2N4OS2.